The van der Waals surface area contributed by atoms with Crippen molar-refractivity contribution >= 4 is 11.6 Å². The quantitative estimate of drug-likeness (QED) is 0.515. The second-order valence-electron chi connectivity index (χ2n) is 0.852. The summed E-state index contributed by atoms with van der Waals surface area (Å²) in [5, 5.41) is -0.225. The molecule has 0 bridgehead atoms. The summed E-state index contributed by atoms with van der Waals surface area (Å²) in [5.74, 6) is 0. The Balaban J connectivity index is 3.04. The molecule has 2 nitrogen and oxygen atoms in total. The number of aromatic nitrogens is 1. The van der Waals surface area contributed by atoms with Gasteiger partial charge < -0.3 is 4.42 Å². The summed E-state index contributed by atoms with van der Waals surface area (Å²) in [6.45, 7) is 0. The molecule has 0 aliphatic rings. The fraction of sp³-hybridized carbons (Fsp3) is 0. The first kappa shape index (κ1) is 4.59. The van der Waals surface area contributed by atoms with E-state index in [1.807, 2.05) is 6.20 Å². The number of nitrogens with zero attached hydrogens (tertiary/aromatic N) is 1. The zero-order valence-corrected chi connectivity index (χ0v) is 3.87. The minimum absolute atomic E-state index is 0.225. The minimum Gasteiger partial charge on any atom is -0.400 e. The first-order valence-electron chi connectivity index (χ1n) is 1.48. The van der Waals surface area contributed by atoms with Gasteiger partial charge in [-0.25, -0.2) is 0 Å². The van der Waals surface area contributed by atoms with Crippen LogP contribution in [0.3, 0.4) is 0 Å². The summed E-state index contributed by atoms with van der Waals surface area (Å²) < 4.78 is 15.6. The Morgan fingerprint density at radius 2 is 2.57 bits per heavy atom. The first-order valence-corrected chi connectivity index (χ1v) is 1.86. The van der Waals surface area contributed by atoms with Crippen LogP contribution in [-0.2, 0) is 0 Å². The summed E-state index contributed by atoms with van der Waals surface area (Å²) in [6, 6.07) is -0.884. The number of halogens is 2. The monoisotopic (exact) mass is 120 g/mol. The van der Waals surface area contributed by atoms with Gasteiger partial charge in [-0.15, -0.1) is 0 Å². The van der Waals surface area contributed by atoms with Crippen LogP contribution in [0.2, 0.25) is 5.35 Å². The van der Waals surface area contributed by atoms with Gasteiger partial charge in [-0.05, 0) is 11.6 Å². The standard InChI is InChI=1S/C3ClFNO/c4-3-6-1-2(5)7-3. The van der Waals surface area contributed by atoms with Gasteiger partial charge in [0, 0.05) is 0 Å². The fourth-order valence-corrected chi connectivity index (χ4v) is 0.317. The van der Waals surface area contributed by atoms with Crippen molar-refractivity contribution in [2.75, 3.05) is 0 Å². The zero-order valence-electron chi connectivity index (χ0n) is 3.11. The maximum absolute atomic E-state index is 11.6. The highest BCUT2D eigenvalue weighted by Crippen LogP contribution is 2.04. The molecule has 0 saturated carbocycles. The van der Waals surface area contributed by atoms with Gasteiger partial charge in [0.15, 0.2) is 6.20 Å². The second kappa shape index (κ2) is 1.50. The molecule has 0 aliphatic carbocycles. The van der Waals surface area contributed by atoms with Crippen molar-refractivity contribution in [3.05, 3.63) is 17.6 Å². The molecule has 1 heterocycles. The number of rotatable bonds is 0. The summed E-state index contributed by atoms with van der Waals surface area (Å²) in [5.41, 5.74) is 0. The Morgan fingerprint density at radius 3 is 2.71 bits per heavy atom. The van der Waals surface area contributed by atoms with Gasteiger partial charge in [-0.1, -0.05) is 0 Å². The van der Waals surface area contributed by atoms with Crippen molar-refractivity contribution in [1.82, 2.24) is 4.98 Å². The van der Waals surface area contributed by atoms with Crippen molar-refractivity contribution < 1.29 is 8.81 Å². The fourth-order valence-electron chi connectivity index (χ4n) is 0.207. The van der Waals surface area contributed by atoms with Crippen LogP contribution >= 0.6 is 11.6 Å². The molecule has 1 rings (SSSR count). The van der Waals surface area contributed by atoms with E-state index >= 15 is 0 Å². The molecule has 0 unspecified atom stereocenters. The number of oxazole rings is 1. The van der Waals surface area contributed by atoms with Gasteiger partial charge in [0.25, 0.3) is 5.35 Å². The Hall–Kier alpha value is -0.570. The zero-order chi connectivity index (χ0) is 5.28. The Kier molecular flexibility index (Phi) is 0.982. The van der Waals surface area contributed by atoms with Crippen molar-refractivity contribution in [2.24, 2.45) is 0 Å². The molecule has 0 aromatic carbocycles. The minimum atomic E-state index is -0.884. The van der Waals surface area contributed by atoms with E-state index in [0.29, 0.717) is 0 Å². The number of hydrogen-bond donors (Lipinski definition) is 0. The molecule has 0 atom stereocenters. The van der Waals surface area contributed by atoms with Crippen molar-refractivity contribution in [3.8, 4) is 0 Å². The molecule has 37 valence electrons. The van der Waals surface area contributed by atoms with Crippen molar-refractivity contribution in [1.29, 1.82) is 0 Å². The van der Waals surface area contributed by atoms with Crippen LogP contribution in [0.4, 0.5) is 4.39 Å². The molecule has 0 aliphatic heterocycles. The number of hydrogen-bond acceptors (Lipinski definition) is 2. The highest BCUT2D eigenvalue weighted by atomic mass is 35.5. The normalized spacial score (nSPS) is 9.43. The largest absolute Gasteiger partial charge is 0.400 e. The van der Waals surface area contributed by atoms with Gasteiger partial charge in [-0.2, -0.15) is 9.37 Å². The van der Waals surface area contributed by atoms with Crippen LogP contribution in [0.1, 0.15) is 0 Å². The molecule has 0 fully saturated rings. The van der Waals surface area contributed by atoms with E-state index in [-0.39, 0.29) is 5.35 Å². The van der Waals surface area contributed by atoms with Crippen LogP contribution in [-0.4, -0.2) is 4.98 Å². The molecule has 0 amide bonds. The molecule has 1 aromatic heterocycles. The maximum Gasteiger partial charge on any atom is 0.309 e. The first-order chi connectivity index (χ1) is 3.29. The molecular weight excluding hydrogens is 120 g/mol. The average molecular weight is 120 g/mol. The van der Waals surface area contributed by atoms with E-state index < -0.39 is 6.01 Å². The third-order valence-electron chi connectivity index (χ3n) is 0.406. The van der Waals surface area contributed by atoms with E-state index in [0.717, 1.165) is 0 Å². The van der Waals surface area contributed by atoms with Crippen LogP contribution in [0, 0.1) is 12.2 Å². The van der Waals surface area contributed by atoms with Crippen LogP contribution in [0.25, 0.3) is 0 Å². The Labute approximate surface area is 43.9 Å². The van der Waals surface area contributed by atoms with Crippen LogP contribution in [0.5, 0.6) is 0 Å². The summed E-state index contributed by atoms with van der Waals surface area (Å²) in [7, 11) is 0. The lowest BCUT2D eigenvalue weighted by Crippen LogP contribution is -1.54. The van der Waals surface area contributed by atoms with E-state index in [1.165, 1.54) is 0 Å². The highest BCUT2D eigenvalue weighted by Gasteiger charge is 1.95. The lowest BCUT2D eigenvalue weighted by Gasteiger charge is -1.66. The lowest BCUT2D eigenvalue weighted by molar-refractivity contribution is 0.358. The topological polar surface area (TPSA) is 26.0 Å². The smallest absolute Gasteiger partial charge is 0.309 e. The lowest BCUT2D eigenvalue weighted by atomic mass is 11.0. The molecule has 1 radical (unpaired) electrons. The average Bonchev–Trinajstić information content (AvgIpc) is 1.87. The SMILES string of the molecule is Fc1[c]nc(Cl)o1. The van der Waals surface area contributed by atoms with E-state index in [9.17, 15) is 4.39 Å². The van der Waals surface area contributed by atoms with Gasteiger partial charge >= 0.3 is 6.01 Å². The summed E-state index contributed by atoms with van der Waals surface area (Å²) in [4.78, 5) is 3.11. The molecule has 0 saturated heterocycles. The maximum atomic E-state index is 11.6. The molecule has 4 heteroatoms. The van der Waals surface area contributed by atoms with Gasteiger partial charge in [0.2, 0.25) is 0 Å². The molecule has 1 aromatic rings. The Bertz CT molecular complexity index is 147. The van der Waals surface area contributed by atoms with Crippen LogP contribution < -0.4 is 0 Å². The highest BCUT2D eigenvalue weighted by molar-refractivity contribution is 6.27. The molecule has 0 spiro atoms. The molecular formula is C3ClFNO. The Morgan fingerprint density at radius 1 is 1.86 bits per heavy atom. The van der Waals surface area contributed by atoms with Gasteiger partial charge in [-0.3, -0.25) is 0 Å². The molecule has 0 N–H and O–H groups in total. The summed E-state index contributed by atoms with van der Waals surface area (Å²) in [6.07, 6.45) is 1.85. The third-order valence-corrected chi connectivity index (χ3v) is 0.567. The molecule has 7 heavy (non-hydrogen) atoms. The summed E-state index contributed by atoms with van der Waals surface area (Å²) >= 11 is 5.01. The van der Waals surface area contributed by atoms with E-state index in [4.69, 9.17) is 11.6 Å². The second-order valence-corrected chi connectivity index (χ2v) is 1.18. The van der Waals surface area contributed by atoms with Crippen LogP contribution in [0.15, 0.2) is 4.42 Å². The van der Waals surface area contributed by atoms with Gasteiger partial charge in [0.1, 0.15) is 0 Å². The van der Waals surface area contributed by atoms with Crippen molar-refractivity contribution in [2.45, 2.75) is 0 Å². The van der Waals surface area contributed by atoms with Gasteiger partial charge in [0.05, 0.1) is 0 Å². The van der Waals surface area contributed by atoms with Crippen molar-refractivity contribution in [3.63, 3.8) is 0 Å². The third kappa shape index (κ3) is 0.899. The predicted octanol–water partition coefficient (Wildman–Crippen LogP) is 1.27. The van der Waals surface area contributed by atoms with E-state index in [1.54, 1.807) is 0 Å². The predicted molar refractivity (Wildman–Crippen MR) is 20.3 cm³/mol. The van der Waals surface area contributed by atoms with E-state index in [2.05, 4.69) is 9.40 Å².